The fraction of sp³-hybridized carbons (Fsp3) is 0.316. The van der Waals surface area contributed by atoms with Crippen LogP contribution in [0.25, 0.3) is 11.3 Å². The average molecular weight is 382 g/mol. The molecule has 0 bridgehead atoms. The van der Waals surface area contributed by atoms with Crippen LogP contribution in [0.4, 0.5) is 5.82 Å². The quantitative estimate of drug-likeness (QED) is 0.734. The Balaban J connectivity index is 1.31. The molecule has 0 saturated carbocycles. The maximum absolute atomic E-state index is 12.3. The molecule has 0 saturated heterocycles. The first kappa shape index (κ1) is 16.8. The Bertz CT molecular complexity index is 1040. The zero-order chi connectivity index (χ0) is 19.1. The van der Waals surface area contributed by atoms with Crippen LogP contribution in [0.2, 0.25) is 0 Å². The Morgan fingerprint density at radius 2 is 2.07 bits per heavy atom. The first-order valence-corrected chi connectivity index (χ1v) is 8.99. The summed E-state index contributed by atoms with van der Waals surface area (Å²) in [7, 11) is 0. The van der Waals surface area contributed by atoms with Crippen molar-refractivity contribution < 1.29 is 23.3 Å². The van der Waals surface area contributed by atoms with E-state index in [4.69, 9.17) is 18.5 Å². The van der Waals surface area contributed by atoms with Crippen molar-refractivity contribution in [1.82, 2.24) is 15.2 Å². The molecule has 3 aromatic rings. The molecule has 2 aliphatic rings. The van der Waals surface area contributed by atoms with Gasteiger partial charge < -0.3 is 23.8 Å². The number of fused-ring (bicyclic) bond motifs is 2. The molecule has 144 valence electrons. The maximum Gasteiger partial charge on any atom is 0.239 e. The lowest BCUT2D eigenvalue weighted by atomic mass is 10.0. The number of carbonyl (C=O) groups is 1. The molecule has 2 aliphatic heterocycles. The van der Waals surface area contributed by atoms with E-state index >= 15 is 0 Å². The number of nitrogens with zero attached hydrogens (tertiary/aromatic N) is 3. The van der Waals surface area contributed by atoms with Gasteiger partial charge in [-0.1, -0.05) is 10.3 Å². The summed E-state index contributed by atoms with van der Waals surface area (Å²) in [6.07, 6.45) is 0.698. The number of anilines is 1. The maximum atomic E-state index is 12.3. The summed E-state index contributed by atoms with van der Waals surface area (Å²) < 4.78 is 21.3. The summed E-state index contributed by atoms with van der Waals surface area (Å²) in [5.74, 6) is 3.21. The van der Waals surface area contributed by atoms with Crippen molar-refractivity contribution in [3.8, 4) is 22.8 Å². The largest absolute Gasteiger partial charge is 0.454 e. The molecular weight excluding hydrogens is 364 g/mol. The lowest BCUT2D eigenvalue weighted by Gasteiger charge is -2.25. The summed E-state index contributed by atoms with van der Waals surface area (Å²) >= 11 is 0. The van der Waals surface area contributed by atoms with Gasteiger partial charge in [-0.2, -0.15) is 0 Å². The van der Waals surface area contributed by atoms with Crippen LogP contribution in [0, 0.1) is 6.92 Å². The Morgan fingerprint density at radius 1 is 1.18 bits per heavy atom. The summed E-state index contributed by atoms with van der Waals surface area (Å²) in [6.45, 7) is 3.54. The summed E-state index contributed by atoms with van der Waals surface area (Å²) in [5.41, 5.74) is 2.67. The highest BCUT2D eigenvalue weighted by molar-refractivity contribution is 5.91. The minimum atomic E-state index is -0.141. The minimum absolute atomic E-state index is 0.141. The summed E-state index contributed by atoms with van der Waals surface area (Å²) in [6, 6.07) is 7.39. The van der Waals surface area contributed by atoms with Gasteiger partial charge in [-0.05, 0) is 25.1 Å². The predicted octanol–water partition coefficient (Wildman–Crippen LogP) is 2.36. The van der Waals surface area contributed by atoms with E-state index < -0.39 is 0 Å². The van der Waals surface area contributed by atoms with Crippen molar-refractivity contribution in [2.75, 3.05) is 25.2 Å². The van der Waals surface area contributed by atoms with Crippen LogP contribution in [-0.4, -0.2) is 41.0 Å². The van der Waals surface area contributed by atoms with E-state index in [1.807, 2.05) is 18.2 Å². The average Bonchev–Trinajstić information content (AvgIpc) is 3.40. The molecule has 0 aliphatic carbocycles. The number of amides is 1. The number of hydrogen-bond donors (Lipinski definition) is 1. The third-order valence-corrected chi connectivity index (χ3v) is 4.82. The molecule has 9 nitrogen and oxygen atoms in total. The number of carbonyl (C=O) groups excluding carboxylic acids is 1. The third kappa shape index (κ3) is 3.09. The molecule has 2 aromatic heterocycles. The lowest BCUT2D eigenvalue weighted by Crippen LogP contribution is -2.36. The molecule has 0 spiro atoms. The van der Waals surface area contributed by atoms with E-state index in [0.717, 1.165) is 28.3 Å². The monoisotopic (exact) mass is 382 g/mol. The molecule has 1 aromatic carbocycles. The van der Waals surface area contributed by atoms with Gasteiger partial charge in [0.2, 0.25) is 12.7 Å². The van der Waals surface area contributed by atoms with Crippen molar-refractivity contribution in [2.45, 2.75) is 19.9 Å². The lowest BCUT2D eigenvalue weighted by molar-refractivity contribution is -0.117. The van der Waals surface area contributed by atoms with Crippen LogP contribution in [-0.2, 0) is 17.8 Å². The van der Waals surface area contributed by atoms with Gasteiger partial charge >= 0.3 is 0 Å². The fourth-order valence-corrected chi connectivity index (χ4v) is 3.48. The van der Waals surface area contributed by atoms with E-state index in [2.05, 4.69) is 20.5 Å². The van der Waals surface area contributed by atoms with E-state index in [1.54, 1.807) is 13.0 Å². The number of hydrogen-bond acceptors (Lipinski definition) is 8. The van der Waals surface area contributed by atoms with Gasteiger partial charge in [0.25, 0.3) is 0 Å². The molecule has 9 heteroatoms. The summed E-state index contributed by atoms with van der Waals surface area (Å²) in [4.78, 5) is 14.4. The number of rotatable bonds is 4. The molecule has 5 rings (SSSR count). The molecule has 28 heavy (non-hydrogen) atoms. The fourth-order valence-electron chi connectivity index (χ4n) is 3.48. The molecule has 1 N–H and O–H groups in total. The van der Waals surface area contributed by atoms with Crippen molar-refractivity contribution in [3.63, 3.8) is 0 Å². The van der Waals surface area contributed by atoms with Crippen LogP contribution in [0.3, 0.4) is 0 Å². The SMILES string of the molecule is Cc1cc(NC(=O)CN2CCc3onc(-c4ccc5c(c4)OCO5)c3C2)no1. The Labute approximate surface area is 160 Å². The molecule has 0 atom stereocenters. The van der Waals surface area contributed by atoms with Crippen molar-refractivity contribution in [2.24, 2.45) is 0 Å². The molecule has 1 amide bonds. The zero-order valence-electron chi connectivity index (χ0n) is 15.2. The van der Waals surface area contributed by atoms with Gasteiger partial charge in [0.1, 0.15) is 17.2 Å². The number of ether oxygens (including phenoxy) is 2. The summed E-state index contributed by atoms with van der Waals surface area (Å²) in [5, 5.41) is 10.8. The van der Waals surface area contributed by atoms with Gasteiger partial charge in [0.05, 0.1) is 6.54 Å². The van der Waals surface area contributed by atoms with Crippen molar-refractivity contribution in [3.05, 3.63) is 41.3 Å². The first-order valence-electron chi connectivity index (χ1n) is 8.99. The number of aryl methyl sites for hydroxylation is 1. The van der Waals surface area contributed by atoms with Crippen LogP contribution >= 0.6 is 0 Å². The molecule has 0 radical (unpaired) electrons. The van der Waals surface area contributed by atoms with E-state index in [9.17, 15) is 4.79 Å². The van der Waals surface area contributed by atoms with Crippen molar-refractivity contribution in [1.29, 1.82) is 0 Å². The predicted molar refractivity (Wildman–Crippen MR) is 96.9 cm³/mol. The second-order valence-corrected chi connectivity index (χ2v) is 6.83. The van der Waals surface area contributed by atoms with Crippen LogP contribution in [0.1, 0.15) is 17.1 Å². The van der Waals surface area contributed by atoms with Gasteiger partial charge in [0, 0.05) is 36.7 Å². The zero-order valence-corrected chi connectivity index (χ0v) is 15.2. The Kier molecular flexibility index (Phi) is 4.01. The minimum Gasteiger partial charge on any atom is -0.454 e. The highest BCUT2D eigenvalue weighted by Gasteiger charge is 2.27. The number of aromatic nitrogens is 2. The standard InChI is InChI=1S/C19H18N4O5/c1-11-6-17(21-27-11)20-18(24)9-23-5-4-14-13(8-23)19(22-28-14)12-2-3-15-16(7-12)26-10-25-15/h2-3,6-7H,4-5,8-10H2,1H3,(H,20,21,24). The second kappa shape index (κ2) is 6.68. The topological polar surface area (TPSA) is 103 Å². The highest BCUT2D eigenvalue weighted by atomic mass is 16.7. The van der Waals surface area contributed by atoms with E-state index in [-0.39, 0.29) is 19.2 Å². The Hall–Kier alpha value is -3.33. The first-order chi connectivity index (χ1) is 13.7. The van der Waals surface area contributed by atoms with E-state index in [0.29, 0.717) is 36.8 Å². The van der Waals surface area contributed by atoms with Gasteiger partial charge in [-0.25, -0.2) is 0 Å². The highest BCUT2D eigenvalue weighted by Crippen LogP contribution is 2.38. The van der Waals surface area contributed by atoms with Crippen molar-refractivity contribution >= 4 is 11.7 Å². The second-order valence-electron chi connectivity index (χ2n) is 6.83. The third-order valence-electron chi connectivity index (χ3n) is 4.82. The Morgan fingerprint density at radius 3 is 2.93 bits per heavy atom. The normalized spacial score (nSPS) is 15.5. The van der Waals surface area contributed by atoms with E-state index in [1.165, 1.54) is 0 Å². The van der Waals surface area contributed by atoms with Crippen LogP contribution in [0.15, 0.2) is 33.3 Å². The van der Waals surface area contributed by atoms with Gasteiger partial charge in [0.15, 0.2) is 17.3 Å². The number of nitrogens with one attached hydrogen (secondary N) is 1. The molecule has 0 unspecified atom stereocenters. The van der Waals surface area contributed by atoms with Crippen LogP contribution < -0.4 is 14.8 Å². The van der Waals surface area contributed by atoms with Crippen LogP contribution in [0.5, 0.6) is 11.5 Å². The van der Waals surface area contributed by atoms with Gasteiger partial charge in [-0.3, -0.25) is 9.69 Å². The molecule has 0 fully saturated rings. The number of benzene rings is 1. The smallest absolute Gasteiger partial charge is 0.239 e. The molecule has 4 heterocycles. The van der Waals surface area contributed by atoms with Gasteiger partial charge in [-0.15, -0.1) is 0 Å². The molecular formula is C19H18N4O5.